The fourth-order valence-electron chi connectivity index (χ4n) is 3.90. The molecule has 0 spiro atoms. The SMILES string of the molecule is O=c1c(-c2cccc(Cl)c2)c(C(F)(F)F)oc2c(CN3CCCCC3)c(O)ccc12. The van der Waals surface area contributed by atoms with Crippen LogP contribution < -0.4 is 5.43 Å². The average molecular weight is 438 g/mol. The molecular weight excluding hydrogens is 419 g/mol. The molecule has 0 bridgehead atoms. The number of piperidine rings is 1. The van der Waals surface area contributed by atoms with Gasteiger partial charge >= 0.3 is 6.18 Å². The van der Waals surface area contributed by atoms with Crippen LogP contribution in [0.4, 0.5) is 13.2 Å². The van der Waals surface area contributed by atoms with Crippen LogP contribution in [-0.4, -0.2) is 23.1 Å². The van der Waals surface area contributed by atoms with E-state index in [1.165, 1.54) is 36.4 Å². The standard InChI is InChI=1S/C22H19ClF3NO3/c23-14-6-4-5-13(11-14)18-19(29)15-7-8-17(28)16(12-27-9-2-1-3-10-27)20(15)30-21(18)22(24,25)26/h4-8,11,28H,1-3,9-10,12H2. The summed E-state index contributed by atoms with van der Waals surface area (Å²) in [6.45, 7) is 1.75. The molecule has 1 N–H and O–H groups in total. The number of halogens is 4. The topological polar surface area (TPSA) is 53.7 Å². The Hall–Kier alpha value is -2.51. The number of likely N-dealkylation sites (tertiary alicyclic amines) is 1. The van der Waals surface area contributed by atoms with Crippen molar-refractivity contribution < 1.29 is 22.7 Å². The van der Waals surface area contributed by atoms with Crippen LogP contribution in [0.15, 0.2) is 45.6 Å². The Labute approximate surface area is 175 Å². The third-order valence-electron chi connectivity index (χ3n) is 5.34. The van der Waals surface area contributed by atoms with E-state index in [1.54, 1.807) is 0 Å². The van der Waals surface area contributed by atoms with E-state index in [-0.39, 0.29) is 39.4 Å². The summed E-state index contributed by atoms with van der Waals surface area (Å²) < 4.78 is 47.0. The van der Waals surface area contributed by atoms with Gasteiger partial charge in [-0.3, -0.25) is 9.69 Å². The third kappa shape index (κ3) is 3.91. The van der Waals surface area contributed by atoms with Gasteiger partial charge in [0.25, 0.3) is 0 Å². The maximum absolute atomic E-state index is 13.9. The van der Waals surface area contributed by atoms with Gasteiger partial charge in [0.05, 0.1) is 16.5 Å². The van der Waals surface area contributed by atoms with E-state index < -0.39 is 22.9 Å². The minimum atomic E-state index is -4.90. The summed E-state index contributed by atoms with van der Waals surface area (Å²) in [6.07, 6.45) is -1.86. The fourth-order valence-corrected chi connectivity index (χ4v) is 4.09. The van der Waals surface area contributed by atoms with Crippen LogP contribution in [0.2, 0.25) is 5.02 Å². The Kier molecular flexibility index (Phi) is 5.51. The fraction of sp³-hybridized carbons (Fsp3) is 0.318. The largest absolute Gasteiger partial charge is 0.507 e. The molecule has 0 amide bonds. The lowest BCUT2D eigenvalue weighted by molar-refractivity contribution is -0.152. The summed E-state index contributed by atoms with van der Waals surface area (Å²) in [5.41, 5.74) is -1.42. The van der Waals surface area contributed by atoms with Gasteiger partial charge in [-0.2, -0.15) is 13.2 Å². The summed E-state index contributed by atoms with van der Waals surface area (Å²) in [4.78, 5) is 15.2. The molecule has 0 unspecified atom stereocenters. The van der Waals surface area contributed by atoms with Crippen molar-refractivity contribution in [1.29, 1.82) is 0 Å². The number of alkyl halides is 3. The molecule has 0 saturated carbocycles. The van der Waals surface area contributed by atoms with Crippen LogP contribution in [0.25, 0.3) is 22.1 Å². The van der Waals surface area contributed by atoms with Crippen molar-refractivity contribution in [2.75, 3.05) is 13.1 Å². The first kappa shape index (κ1) is 20.8. The Morgan fingerprint density at radius 1 is 1.10 bits per heavy atom. The Balaban J connectivity index is 1.97. The molecule has 1 aliphatic heterocycles. The molecule has 3 aromatic rings. The van der Waals surface area contributed by atoms with Crippen molar-refractivity contribution >= 4 is 22.6 Å². The zero-order valence-corrected chi connectivity index (χ0v) is 16.7. The second-order valence-corrected chi connectivity index (χ2v) is 7.86. The minimum absolute atomic E-state index is 0.0113. The molecule has 0 atom stereocenters. The zero-order chi connectivity index (χ0) is 21.5. The van der Waals surface area contributed by atoms with Crippen molar-refractivity contribution in [3.63, 3.8) is 0 Å². The van der Waals surface area contributed by atoms with Crippen LogP contribution in [0, 0.1) is 0 Å². The number of nitrogens with zero attached hydrogens (tertiary/aromatic N) is 1. The van der Waals surface area contributed by atoms with E-state index in [4.69, 9.17) is 16.0 Å². The van der Waals surface area contributed by atoms with Gasteiger partial charge in [0.2, 0.25) is 11.2 Å². The quantitative estimate of drug-likeness (QED) is 0.560. The van der Waals surface area contributed by atoms with Gasteiger partial charge in [0, 0.05) is 11.6 Å². The molecule has 8 heteroatoms. The maximum atomic E-state index is 13.9. The molecule has 2 aromatic carbocycles. The van der Waals surface area contributed by atoms with Crippen molar-refractivity contribution in [2.24, 2.45) is 0 Å². The summed E-state index contributed by atoms with van der Waals surface area (Å²) in [5, 5.41) is 10.6. The van der Waals surface area contributed by atoms with E-state index in [0.29, 0.717) is 0 Å². The van der Waals surface area contributed by atoms with Gasteiger partial charge in [0.15, 0.2) is 0 Å². The Bertz CT molecular complexity index is 1150. The molecule has 4 nitrogen and oxygen atoms in total. The van der Waals surface area contributed by atoms with Crippen LogP contribution in [0.1, 0.15) is 30.6 Å². The second kappa shape index (κ2) is 7.96. The molecule has 4 rings (SSSR count). The van der Waals surface area contributed by atoms with E-state index in [9.17, 15) is 23.1 Å². The number of aromatic hydroxyl groups is 1. The van der Waals surface area contributed by atoms with Gasteiger partial charge in [-0.05, 0) is 55.8 Å². The van der Waals surface area contributed by atoms with E-state index in [1.807, 2.05) is 4.90 Å². The summed E-state index contributed by atoms with van der Waals surface area (Å²) in [5.74, 6) is -1.59. The average Bonchev–Trinajstić information content (AvgIpc) is 2.70. The van der Waals surface area contributed by atoms with Gasteiger partial charge < -0.3 is 9.52 Å². The van der Waals surface area contributed by atoms with Crippen molar-refractivity contribution in [3.05, 3.63) is 63.0 Å². The highest BCUT2D eigenvalue weighted by Crippen LogP contribution is 2.39. The predicted octanol–water partition coefficient (Wildman–Crippen LogP) is 5.82. The molecule has 1 saturated heterocycles. The van der Waals surface area contributed by atoms with Gasteiger partial charge in [0.1, 0.15) is 11.3 Å². The molecule has 1 aromatic heterocycles. The molecular formula is C22H19ClF3NO3. The Morgan fingerprint density at radius 2 is 1.83 bits per heavy atom. The Morgan fingerprint density at radius 3 is 2.50 bits per heavy atom. The highest BCUT2D eigenvalue weighted by molar-refractivity contribution is 6.30. The van der Waals surface area contributed by atoms with Crippen LogP contribution in [0.3, 0.4) is 0 Å². The number of phenols is 1. The lowest BCUT2D eigenvalue weighted by Crippen LogP contribution is -2.29. The molecule has 30 heavy (non-hydrogen) atoms. The number of fused-ring (bicyclic) bond motifs is 1. The molecule has 1 aliphatic rings. The number of rotatable bonds is 3. The summed E-state index contributed by atoms with van der Waals surface area (Å²) in [6, 6.07) is 8.28. The van der Waals surface area contributed by atoms with Crippen molar-refractivity contribution in [2.45, 2.75) is 32.0 Å². The number of phenolic OH excluding ortho intramolecular Hbond substituents is 1. The molecule has 0 radical (unpaired) electrons. The van der Waals surface area contributed by atoms with Crippen LogP contribution in [-0.2, 0) is 12.7 Å². The highest BCUT2D eigenvalue weighted by atomic mass is 35.5. The maximum Gasteiger partial charge on any atom is 0.450 e. The zero-order valence-electron chi connectivity index (χ0n) is 15.9. The normalized spacial score (nSPS) is 15.6. The highest BCUT2D eigenvalue weighted by Gasteiger charge is 2.40. The molecule has 1 fully saturated rings. The predicted molar refractivity (Wildman–Crippen MR) is 109 cm³/mol. The van der Waals surface area contributed by atoms with Gasteiger partial charge in [-0.15, -0.1) is 0 Å². The van der Waals surface area contributed by atoms with E-state index in [0.717, 1.165) is 32.4 Å². The van der Waals surface area contributed by atoms with E-state index >= 15 is 0 Å². The first-order valence-electron chi connectivity index (χ1n) is 9.63. The number of benzene rings is 2. The molecule has 158 valence electrons. The summed E-state index contributed by atoms with van der Waals surface area (Å²) in [7, 11) is 0. The lowest BCUT2D eigenvalue weighted by atomic mass is 10.00. The summed E-state index contributed by atoms with van der Waals surface area (Å²) >= 11 is 5.93. The van der Waals surface area contributed by atoms with Gasteiger partial charge in [-0.25, -0.2) is 0 Å². The second-order valence-electron chi connectivity index (χ2n) is 7.42. The van der Waals surface area contributed by atoms with Crippen molar-refractivity contribution in [3.8, 4) is 16.9 Å². The first-order chi connectivity index (χ1) is 14.3. The smallest absolute Gasteiger partial charge is 0.450 e. The van der Waals surface area contributed by atoms with Gasteiger partial charge in [-0.1, -0.05) is 30.2 Å². The van der Waals surface area contributed by atoms with Crippen molar-refractivity contribution in [1.82, 2.24) is 4.90 Å². The van der Waals surface area contributed by atoms with Crippen LogP contribution in [0.5, 0.6) is 5.75 Å². The van der Waals surface area contributed by atoms with Crippen LogP contribution >= 0.6 is 11.6 Å². The lowest BCUT2D eigenvalue weighted by Gasteiger charge is -2.27. The minimum Gasteiger partial charge on any atom is -0.507 e. The monoisotopic (exact) mass is 437 g/mol. The first-order valence-corrected chi connectivity index (χ1v) is 10.0. The molecule has 0 aliphatic carbocycles. The molecule has 2 heterocycles. The number of hydrogen-bond donors (Lipinski definition) is 1. The van der Waals surface area contributed by atoms with E-state index in [2.05, 4.69) is 0 Å². The third-order valence-corrected chi connectivity index (χ3v) is 5.57. The number of hydrogen-bond acceptors (Lipinski definition) is 4.